The summed E-state index contributed by atoms with van der Waals surface area (Å²) in [5, 5.41) is 8.81. The Bertz CT molecular complexity index is 1300. The lowest BCUT2D eigenvalue weighted by Crippen LogP contribution is -2.16. The van der Waals surface area contributed by atoms with Crippen LogP contribution in [0.3, 0.4) is 0 Å². The predicted molar refractivity (Wildman–Crippen MR) is 137 cm³/mol. The van der Waals surface area contributed by atoms with Gasteiger partial charge in [0.2, 0.25) is 0 Å². The van der Waals surface area contributed by atoms with Crippen molar-refractivity contribution in [2.75, 3.05) is 0 Å². The second-order valence-corrected chi connectivity index (χ2v) is 10.5. The highest BCUT2D eigenvalue weighted by molar-refractivity contribution is 8.00. The number of hydrogen-bond acceptors (Lipinski definition) is 5. The van der Waals surface area contributed by atoms with E-state index in [1.165, 1.54) is 23.4 Å². The number of rotatable bonds is 8. The number of carbonyl (C=O) groups excluding carboxylic acids is 1. The zero-order chi connectivity index (χ0) is 25.0. The van der Waals surface area contributed by atoms with Crippen molar-refractivity contribution < 1.29 is 13.9 Å². The van der Waals surface area contributed by atoms with Crippen LogP contribution in [0, 0.1) is 5.82 Å². The van der Waals surface area contributed by atoms with Crippen molar-refractivity contribution in [3.63, 3.8) is 0 Å². The van der Waals surface area contributed by atoms with E-state index in [9.17, 15) is 9.18 Å². The number of thioether (sulfide) groups is 1. The fourth-order valence-corrected chi connectivity index (χ4v) is 4.55. The van der Waals surface area contributed by atoms with E-state index < -0.39 is 5.82 Å². The van der Waals surface area contributed by atoms with Crippen molar-refractivity contribution in [1.82, 2.24) is 14.8 Å². The molecular weight excluding hydrogens is 461 g/mol. The molecule has 0 amide bonds. The van der Waals surface area contributed by atoms with Crippen LogP contribution >= 0.6 is 11.8 Å². The lowest BCUT2D eigenvalue weighted by atomic mass is 9.86. The number of hydrogen-bond donors (Lipinski definition) is 0. The second-order valence-electron chi connectivity index (χ2n) is 9.24. The summed E-state index contributed by atoms with van der Waals surface area (Å²) < 4.78 is 21.6. The topological polar surface area (TPSA) is 57.0 Å². The molecule has 4 rings (SSSR count). The maximum absolute atomic E-state index is 14.0. The van der Waals surface area contributed by atoms with Crippen LogP contribution in [0.4, 0.5) is 4.39 Å². The molecule has 0 spiro atoms. The van der Waals surface area contributed by atoms with E-state index in [0.717, 1.165) is 5.69 Å². The molecule has 1 aromatic heterocycles. The molecule has 0 saturated heterocycles. The van der Waals surface area contributed by atoms with Crippen LogP contribution in [0.25, 0.3) is 5.69 Å². The molecule has 0 aliphatic rings. The van der Waals surface area contributed by atoms with Crippen LogP contribution in [-0.2, 0) is 12.0 Å². The summed E-state index contributed by atoms with van der Waals surface area (Å²) in [6.45, 7) is 8.33. The van der Waals surface area contributed by atoms with Crippen molar-refractivity contribution >= 4 is 17.5 Å². The Labute approximate surface area is 209 Å². The fourth-order valence-electron chi connectivity index (χ4n) is 3.59. The van der Waals surface area contributed by atoms with Gasteiger partial charge in [0.25, 0.3) is 0 Å². The van der Waals surface area contributed by atoms with Crippen LogP contribution in [0.15, 0.2) is 84.0 Å². The molecule has 0 fully saturated rings. The number of ketones is 1. The monoisotopic (exact) mass is 489 g/mol. The molecule has 0 radical (unpaired) electrons. The molecule has 3 aromatic carbocycles. The van der Waals surface area contributed by atoms with E-state index in [1.807, 2.05) is 66.1 Å². The van der Waals surface area contributed by atoms with Gasteiger partial charge in [-0.2, -0.15) is 0 Å². The summed E-state index contributed by atoms with van der Waals surface area (Å²) in [5.74, 6) is 0.231. The average molecular weight is 490 g/mol. The Morgan fingerprint density at radius 3 is 2.29 bits per heavy atom. The van der Waals surface area contributed by atoms with Gasteiger partial charge in [-0.05, 0) is 42.2 Å². The zero-order valence-corrected chi connectivity index (χ0v) is 21.1. The molecule has 180 valence electrons. The molecule has 0 unspecified atom stereocenters. The second kappa shape index (κ2) is 10.4. The molecule has 1 heterocycles. The molecule has 0 bridgehead atoms. The number of ether oxygens (including phenoxy) is 1. The van der Waals surface area contributed by atoms with E-state index in [-0.39, 0.29) is 28.8 Å². The third-order valence-corrected chi connectivity index (χ3v) is 6.64. The first kappa shape index (κ1) is 24.7. The molecule has 7 heteroatoms. The van der Waals surface area contributed by atoms with Gasteiger partial charge in [-0.25, -0.2) is 4.39 Å². The Kier molecular flexibility index (Phi) is 7.36. The smallest absolute Gasteiger partial charge is 0.196 e. The number of para-hydroxylation sites is 2. The third-order valence-electron chi connectivity index (χ3n) is 5.60. The summed E-state index contributed by atoms with van der Waals surface area (Å²) in [6, 6.07) is 23.6. The summed E-state index contributed by atoms with van der Waals surface area (Å²) in [4.78, 5) is 13.2. The van der Waals surface area contributed by atoms with Crippen LogP contribution in [0.2, 0.25) is 0 Å². The highest BCUT2D eigenvalue weighted by atomic mass is 32.2. The number of Topliss-reactive ketones (excluding diaryl/α,β-unsaturated/α-hetero) is 1. The minimum Gasteiger partial charge on any atom is -0.483 e. The minimum absolute atomic E-state index is 0.0160. The third kappa shape index (κ3) is 5.80. The number of halogens is 1. The van der Waals surface area contributed by atoms with Gasteiger partial charge in [0.05, 0.1) is 5.25 Å². The molecule has 0 N–H and O–H groups in total. The molecule has 4 aromatic rings. The van der Waals surface area contributed by atoms with Crippen molar-refractivity contribution in [2.24, 2.45) is 0 Å². The fraction of sp³-hybridized carbons (Fsp3) is 0.250. The first-order valence-electron chi connectivity index (χ1n) is 11.4. The first-order valence-corrected chi connectivity index (χ1v) is 12.3. The van der Waals surface area contributed by atoms with Gasteiger partial charge in [0.1, 0.15) is 6.61 Å². The zero-order valence-electron chi connectivity index (χ0n) is 20.2. The van der Waals surface area contributed by atoms with Gasteiger partial charge in [-0.1, -0.05) is 87.1 Å². The lowest BCUT2D eigenvalue weighted by Gasteiger charge is -2.19. The van der Waals surface area contributed by atoms with E-state index in [2.05, 4.69) is 31.0 Å². The van der Waals surface area contributed by atoms with Crippen molar-refractivity contribution in [1.29, 1.82) is 0 Å². The standard InChI is InChI=1S/C28H28FN3O2S/c1-19(26(33)20-14-16-21(17-15-20)28(2,3)4)35-27-31-30-25(32(27)22-10-6-5-7-11-22)18-34-24-13-9-8-12-23(24)29/h5-17,19H,18H2,1-4H3/t19-/m0/s1. The van der Waals surface area contributed by atoms with Gasteiger partial charge in [-0.3, -0.25) is 9.36 Å². The van der Waals surface area contributed by atoms with Gasteiger partial charge < -0.3 is 4.74 Å². The predicted octanol–water partition coefficient (Wildman–Crippen LogP) is 6.65. The molecule has 0 aliphatic heterocycles. The van der Waals surface area contributed by atoms with Gasteiger partial charge in [-0.15, -0.1) is 10.2 Å². The van der Waals surface area contributed by atoms with Crippen molar-refractivity contribution in [3.05, 3.63) is 102 Å². The highest BCUT2D eigenvalue weighted by Gasteiger charge is 2.23. The maximum atomic E-state index is 14.0. The Hall–Kier alpha value is -3.45. The minimum atomic E-state index is -0.440. The maximum Gasteiger partial charge on any atom is 0.196 e. The highest BCUT2D eigenvalue weighted by Crippen LogP contribution is 2.29. The molecule has 1 atom stereocenters. The summed E-state index contributed by atoms with van der Waals surface area (Å²) >= 11 is 1.33. The Morgan fingerprint density at radius 1 is 0.971 bits per heavy atom. The molecular formula is C28H28FN3O2S. The quantitative estimate of drug-likeness (QED) is 0.205. The summed E-state index contributed by atoms with van der Waals surface area (Å²) in [5.41, 5.74) is 2.70. The Balaban J connectivity index is 1.57. The van der Waals surface area contributed by atoms with E-state index >= 15 is 0 Å². The number of carbonyl (C=O) groups is 1. The van der Waals surface area contributed by atoms with E-state index in [1.54, 1.807) is 18.2 Å². The van der Waals surface area contributed by atoms with E-state index in [0.29, 0.717) is 16.5 Å². The number of aromatic nitrogens is 3. The molecule has 0 saturated carbocycles. The van der Waals surface area contributed by atoms with Crippen LogP contribution in [0.5, 0.6) is 5.75 Å². The summed E-state index contributed by atoms with van der Waals surface area (Å²) in [7, 11) is 0. The molecule has 5 nitrogen and oxygen atoms in total. The van der Waals surface area contributed by atoms with Crippen LogP contribution in [-0.4, -0.2) is 25.8 Å². The molecule has 0 aliphatic carbocycles. The van der Waals surface area contributed by atoms with Crippen molar-refractivity contribution in [2.45, 2.75) is 50.1 Å². The van der Waals surface area contributed by atoms with Gasteiger partial charge >= 0.3 is 0 Å². The first-order chi connectivity index (χ1) is 16.7. The van der Waals surface area contributed by atoms with Crippen LogP contribution < -0.4 is 4.74 Å². The summed E-state index contributed by atoms with van der Waals surface area (Å²) in [6.07, 6.45) is 0. The van der Waals surface area contributed by atoms with Gasteiger partial charge in [0.15, 0.2) is 28.3 Å². The SMILES string of the molecule is C[C@H](Sc1nnc(COc2ccccc2F)n1-c1ccccc1)C(=O)c1ccc(C(C)(C)C)cc1. The van der Waals surface area contributed by atoms with Gasteiger partial charge in [0, 0.05) is 11.3 Å². The molecule has 35 heavy (non-hydrogen) atoms. The number of benzene rings is 3. The van der Waals surface area contributed by atoms with Crippen LogP contribution in [0.1, 0.15) is 49.4 Å². The number of nitrogens with zero attached hydrogens (tertiary/aromatic N) is 3. The average Bonchev–Trinajstić information content (AvgIpc) is 3.25. The van der Waals surface area contributed by atoms with Crippen molar-refractivity contribution in [3.8, 4) is 11.4 Å². The normalized spacial score (nSPS) is 12.4. The Morgan fingerprint density at radius 2 is 1.63 bits per heavy atom. The lowest BCUT2D eigenvalue weighted by molar-refractivity contribution is 0.0993. The van der Waals surface area contributed by atoms with E-state index in [4.69, 9.17) is 4.74 Å². The largest absolute Gasteiger partial charge is 0.483 e.